The first-order valence-electron chi connectivity index (χ1n) is 7.45. The van der Waals surface area contributed by atoms with Gasteiger partial charge in [-0.15, -0.1) is 0 Å². The summed E-state index contributed by atoms with van der Waals surface area (Å²) < 4.78 is 10.1. The van der Waals surface area contributed by atoms with E-state index in [1.807, 2.05) is 0 Å². The van der Waals surface area contributed by atoms with Crippen LogP contribution in [-0.4, -0.2) is 42.6 Å². The lowest BCUT2D eigenvalue weighted by Gasteiger charge is -2.27. The predicted molar refractivity (Wildman–Crippen MR) is 86.7 cm³/mol. The van der Waals surface area contributed by atoms with E-state index in [0.717, 1.165) is 0 Å². The van der Waals surface area contributed by atoms with Crippen molar-refractivity contribution in [2.45, 2.75) is 6.42 Å². The van der Waals surface area contributed by atoms with Crippen molar-refractivity contribution in [3.63, 3.8) is 0 Å². The van der Waals surface area contributed by atoms with Gasteiger partial charge in [-0.2, -0.15) is 0 Å². The highest BCUT2D eigenvalue weighted by Crippen LogP contribution is 2.32. The number of imide groups is 1. The molecule has 0 bridgehead atoms. The molecular formula is C18H17NO5. The third-order valence-corrected chi connectivity index (χ3v) is 4.07. The standard InChI is InChI=1S/C18H17NO5/c1-23-13-5-3-11(4-6-13)17(21)19-8-7-12-9-15(20)16(24-2)10-14(12)18(19)22/h3-6,9-10,20H,7-8H2,1-2H3. The smallest absolute Gasteiger partial charge is 0.261 e. The molecule has 1 N–H and O–H groups in total. The molecule has 0 spiro atoms. The Kier molecular flexibility index (Phi) is 4.12. The lowest BCUT2D eigenvalue weighted by Crippen LogP contribution is -2.42. The van der Waals surface area contributed by atoms with Crippen LogP contribution in [0.2, 0.25) is 0 Å². The summed E-state index contributed by atoms with van der Waals surface area (Å²) in [5, 5.41) is 9.83. The zero-order valence-electron chi connectivity index (χ0n) is 13.4. The van der Waals surface area contributed by atoms with Gasteiger partial charge >= 0.3 is 0 Å². The highest BCUT2D eigenvalue weighted by Gasteiger charge is 2.31. The first-order valence-corrected chi connectivity index (χ1v) is 7.45. The summed E-state index contributed by atoms with van der Waals surface area (Å²) >= 11 is 0. The number of ether oxygens (including phenoxy) is 2. The highest BCUT2D eigenvalue weighted by atomic mass is 16.5. The number of carbonyl (C=O) groups is 2. The summed E-state index contributed by atoms with van der Waals surface area (Å²) in [6.45, 7) is 0.266. The van der Waals surface area contributed by atoms with Gasteiger partial charge in [0.15, 0.2) is 11.5 Å². The van der Waals surface area contributed by atoms with Gasteiger partial charge in [0.25, 0.3) is 11.8 Å². The molecule has 0 saturated heterocycles. The van der Waals surface area contributed by atoms with Crippen LogP contribution >= 0.6 is 0 Å². The predicted octanol–water partition coefficient (Wildman–Crippen LogP) is 2.25. The Morgan fingerprint density at radius 1 is 1.12 bits per heavy atom. The Bertz CT molecular complexity index is 798. The van der Waals surface area contributed by atoms with Crippen molar-refractivity contribution < 1.29 is 24.2 Å². The van der Waals surface area contributed by atoms with E-state index in [1.165, 1.54) is 24.1 Å². The monoisotopic (exact) mass is 327 g/mol. The van der Waals surface area contributed by atoms with Crippen molar-refractivity contribution in [2.75, 3.05) is 20.8 Å². The molecule has 0 atom stereocenters. The lowest BCUT2D eigenvalue weighted by molar-refractivity contribution is 0.0604. The first-order chi connectivity index (χ1) is 11.5. The van der Waals surface area contributed by atoms with Crippen LogP contribution in [0.1, 0.15) is 26.3 Å². The Labute approximate surface area is 139 Å². The number of rotatable bonds is 3. The summed E-state index contributed by atoms with van der Waals surface area (Å²) in [5.74, 6) is 0.0811. The molecule has 124 valence electrons. The third-order valence-electron chi connectivity index (χ3n) is 4.07. The Balaban J connectivity index is 1.91. The molecule has 1 aliphatic rings. The fourth-order valence-electron chi connectivity index (χ4n) is 2.74. The summed E-state index contributed by atoms with van der Waals surface area (Å²) in [7, 11) is 2.96. The fourth-order valence-corrected chi connectivity index (χ4v) is 2.74. The maximum absolute atomic E-state index is 12.7. The molecule has 6 nitrogen and oxygen atoms in total. The second kappa shape index (κ2) is 6.23. The van der Waals surface area contributed by atoms with Gasteiger partial charge in [0.2, 0.25) is 0 Å². The van der Waals surface area contributed by atoms with Gasteiger partial charge < -0.3 is 14.6 Å². The minimum absolute atomic E-state index is 0.0148. The maximum atomic E-state index is 12.7. The molecule has 3 rings (SSSR count). The van der Waals surface area contributed by atoms with Crippen LogP contribution in [-0.2, 0) is 6.42 Å². The summed E-state index contributed by atoms with van der Waals surface area (Å²) in [4.78, 5) is 26.5. The Morgan fingerprint density at radius 3 is 2.46 bits per heavy atom. The Hall–Kier alpha value is -3.02. The van der Waals surface area contributed by atoms with Crippen molar-refractivity contribution in [1.29, 1.82) is 0 Å². The van der Waals surface area contributed by atoms with Gasteiger partial charge in [0.1, 0.15) is 5.75 Å². The van der Waals surface area contributed by atoms with Gasteiger partial charge in [0, 0.05) is 17.7 Å². The van der Waals surface area contributed by atoms with E-state index in [9.17, 15) is 14.7 Å². The molecule has 2 aromatic carbocycles. The number of phenolic OH excluding ortho intramolecular Hbond substituents is 1. The molecular weight excluding hydrogens is 310 g/mol. The number of aromatic hydroxyl groups is 1. The molecule has 1 aliphatic heterocycles. The van der Waals surface area contributed by atoms with E-state index in [2.05, 4.69) is 0 Å². The van der Waals surface area contributed by atoms with Crippen LogP contribution in [0.3, 0.4) is 0 Å². The molecule has 0 unspecified atom stereocenters. The minimum Gasteiger partial charge on any atom is -0.504 e. The van der Waals surface area contributed by atoms with Crippen LogP contribution in [0.25, 0.3) is 0 Å². The number of methoxy groups -OCH3 is 2. The van der Waals surface area contributed by atoms with Crippen molar-refractivity contribution in [2.24, 2.45) is 0 Å². The zero-order chi connectivity index (χ0) is 17.3. The average molecular weight is 327 g/mol. The molecule has 0 fully saturated rings. The van der Waals surface area contributed by atoms with Crippen molar-refractivity contribution in [3.05, 3.63) is 53.1 Å². The minimum atomic E-state index is -0.393. The van der Waals surface area contributed by atoms with E-state index in [-0.39, 0.29) is 24.0 Å². The van der Waals surface area contributed by atoms with E-state index in [1.54, 1.807) is 31.4 Å². The maximum Gasteiger partial charge on any atom is 0.261 e. The fraction of sp³-hybridized carbons (Fsp3) is 0.222. The molecule has 2 amide bonds. The number of carbonyl (C=O) groups excluding carboxylic acids is 2. The molecule has 0 aromatic heterocycles. The molecule has 2 aromatic rings. The number of fused-ring (bicyclic) bond motifs is 1. The quantitative estimate of drug-likeness (QED) is 0.875. The average Bonchev–Trinajstić information content (AvgIpc) is 2.61. The Morgan fingerprint density at radius 2 is 1.83 bits per heavy atom. The van der Waals surface area contributed by atoms with Gasteiger partial charge in [0.05, 0.1) is 14.2 Å². The number of phenols is 1. The highest BCUT2D eigenvalue weighted by molar-refractivity contribution is 6.11. The van der Waals surface area contributed by atoms with Crippen molar-refractivity contribution in [3.8, 4) is 17.2 Å². The zero-order valence-corrected chi connectivity index (χ0v) is 13.4. The van der Waals surface area contributed by atoms with Crippen LogP contribution < -0.4 is 9.47 Å². The first kappa shape index (κ1) is 15.9. The summed E-state index contributed by atoms with van der Waals surface area (Å²) in [5.41, 5.74) is 1.49. The molecule has 0 saturated carbocycles. The van der Waals surface area contributed by atoms with E-state index < -0.39 is 5.91 Å². The van der Waals surface area contributed by atoms with Crippen molar-refractivity contribution >= 4 is 11.8 Å². The number of hydrogen-bond donors (Lipinski definition) is 1. The molecule has 6 heteroatoms. The summed E-state index contributed by atoms with van der Waals surface area (Å²) in [6.07, 6.45) is 0.487. The number of hydrogen-bond acceptors (Lipinski definition) is 5. The van der Waals surface area contributed by atoms with Crippen LogP contribution in [0, 0.1) is 0 Å². The lowest BCUT2D eigenvalue weighted by atomic mass is 9.97. The number of nitrogens with zero attached hydrogens (tertiary/aromatic N) is 1. The van der Waals surface area contributed by atoms with Gasteiger partial charge in [-0.05, 0) is 48.4 Å². The number of benzene rings is 2. The second-order valence-electron chi connectivity index (χ2n) is 5.42. The number of amides is 2. The van der Waals surface area contributed by atoms with Gasteiger partial charge in [-0.1, -0.05) is 0 Å². The summed E-state index contributed by atoms with van der Waals surface area (Å²) in [6, 6.07) is 9.60. The van der Waals surface area contributed by atoms with Crippen molar-refractivity contribution in [1.82, 2.24) is 4.90 Å². The van der Waals surface area contributed by atoms with E-state index in [0.29, 0.717) is 28.9 Å². The van der Waals surface area contributed by atoms with Gasteiger partial charge in [-0.3, -0.25) is 14.5 Å². The third kappa shape index (κ3) is 2.67. The van der Waals surface area contributed by atoms with E-state index in [4.69, 9.17) is 9.47 Å². The normalized spacial score (nSPS) is 13.4. The van der Waals surface area contributed by atoms with Crippen LogP contribution in [0.4, 0.5) is 0 Å². The van der Waals surface area contributed by atoms with Crippen LogP contribution in [0.15, 0.2) is 36.4 Å². The van der Waals surface area contributed by atoms with E-state index >= 15 is 0 Å². The largest absolute Gasteiger partial charge is 0.504 e. The molecule has 1 heterocycles. The molecule has 24 heavy (non-hydrogen) atoms. The molecule has 0 aliphatic carbocycles. The van der Waals surface area contributed by atoms with Gasteiger partial charge in [-0.25, -0.2) is 0 Å². The topological polar surface area (TPSA) is 76.1 Å². The second-order valence-corrected chi connectivity index (χ2v) is 5.42. The SMILES string of the molecule is COc1ccc(C(=O)N2CCc3cc(O)c(OC)cc3C2=O)cc1. The van der Waals surface area contributed by atoms with Crippen LogP contribution in [0.5, 0.6) is 17.2 Å². The molecule has 0 radical (unpaired) electrons.